The van der Waals surface area contributed by atoms with E-state index >= 15 is 0 Å². The monoisotopic (exact) mass is 243 g/mol. The van der Waals surface area contributed by atoms with Gasteiger partial charge in [0, 0.05) is 6.42 Å². The number of esters is 2. The third kappa shape index (κ3) is 7.35. The van der Waals surface area contributed by atoms with Crippen molar-refractivity contribution in [2.24, 2.45) is 5.73 Å². The van der Waals surface area contributed by atoms with Gasteiger partial charge in [0.05, 0.1) is 0 Å². The number of carbonyl (C=O) groups is 4. The summed E-state index contributed by atoms with van der Waals surface area (Å²) in [5.74, 6) is -6.03. The van der Waals surface area contributed by atoms with E-state index in [0.29, 0.717) is 0 Å². The smallest absolute Gasteiger partial charge is 1.00 e. The summed E-state index contributed by atoms with van der Waals surface area (Å²) in [4.78, 5) is 41.2. The van der Waals surface area contributed by atoms with Crippen molar-refractivity contribution in [3.63, 3.8) is 0 Å². The first kappa shape index (κ1) is 17.4. The molecular weight excluding hydrogens is 233 g/mol. The van der Waals surface area contributed by atoms with Gasteiger partial charge in [-0.15, -0.1) is 0 Å². The van der Waals surface area contributed by atoms with Gasteiger partial charge in [0.25, 0.3) is 0 Å². The Balaban J connectivity index is -0.000000980. The van der Waals surface area contributed by atoms with Crippen LogP contribution in [0.1, 0.15) is 14.3 Å². The molecule has 9 heteroatoms. The van der Waals surface area contributed by atoms with Crippen molar-refractivity contribution >= 4 is 23.9 Å². The van der Waals surface area contributed by atoms with E-state index < -0.39 is 36.3 Å². The predicted octanol–water partition coefficient (Wildman–Crippen LogP) is -4.55. The molecule has 86 valence electrons. The molecule has 0 aromatic heterocycles. The van der Waals surface area contributed by atoms with Crippen molar-refractivity contribution in [3.8, 4) is 0 Å². The molecule has 0 bridgehead atoms. The van der Waals surface area contributed by atoms with Gasteiger partial charge in [-0.2, -0.15) is 0 Å². The van der Waals surface area contributed by atoms with Crippen LogP contribution >= 0.6 is 0 Å². The Morgan fingerprint density at radius 3 is 2.12 bits per heavy atom. The predicted molar refractivity (Wildman–Crippen MR) is 44.7 cm³/mol. The average Bonchev–Trinajstić information content (AvgIpc) is 2.13. The molecule has 0 aliphatic carbocycles. The Morgan fingerprint density at radius 1 is 1.25 bits per heavy atom. The number of aliphatic carboxylic acids is 2. The zero-order valence-electron chi connectivity index (χ0n) is 9.50. The van der Waals surface area contributed by atoms with Crippen LogP contribution in [0.15, 0.2) is 0 Å². The standard InChI is InChI=1S/C7H9NO7.Na.H/c8-3(5(10)11)1-2-4(9)15-7(14)6(12)13;;/h3H,1-2,8H2,(H,10,11)(H,12,13);;/q;+1;-1/t3-;;/m0../s1. The second-order valence-electron chi connectivity index (χ2n) is 2.55. The zero-order chi connectivity index (χ0) is 12.0. The van der Waals surface area contributed by atoms with Gasteiger partial charge < -0.3 is 22.1 Å². The average molecular weight is 243 g/mol. The van der Waals surface area contributed by atoms with E-state index in [-0.39, 0.29) is 37.4 Å². The van der Waals surface area contributed by atoms with Crippen LogP contribution in [-0.2, 0) is 23.9 Å². The van der Waals surface area contributed by atoms with Crippen LogP contribution in [0.4, 0.5) is 0 Å². The number of carboxylic acid groups (broad SMARTS) is 2. The molecule has 0 radical (unpaired) electrons. The van der Waals surface area contributed by atoms with Crippen molar-refractivity contribution in [1.29, 1.82) is 0 Å². The van der Waals surface area contributed by atoms with E-state index in [2.05, 4.69) is 4.74 Å². The summed E-state index contributed by atoms with van der Waals surface area (Å²) in [6.45, 7) is 0. The quantitative estimate of drug-likeness (QED) is 0.194. The fourth-order valence-electron chi connectivity index (χ4n) is 0.595. The molecule has 0 spiro atoms. The Labute approximate surface area is 114 Å². The number of carbonyl (C=O) groups excluding carboxylic acids is 2. The molecule has 0 aromatic carbocycles. The second kappa shape index (κ2) is 8.22. The largest absolute Gasteiger partial charge is 1.00 e. The maximum atomic E-state index is 10.7. The van der Waals surface area contributed by atoms with Crippen LogP contribution in [0.25, 0.3) is 0 Å². The molecule has 0 amide bonds. The minimum atomic E-state index is -1.90. The van der Waals surface area contributed by atoms with Gasteiger partial charge in [-0.05, 0) is 6.42 Å². The summed E-state index contributed by atoms with van der Waals surface area (Å²) in [5, 5.41) is 16.4. The van der Waals surface area contributed by atoms with Crippen LogP contribution in [0.3, 0.4) is 0 Å². The van der Waals surface area contributed by atoms with Gasteiger partial charge in [0.1, 0.15) is 6.04 Å². The molecule has 0 aromatic rings. The molecule has 0 aliphatic heterocycles. The maximum Gasteiger partial charge on any atom is 1.00 e. The molecule has 0 fully saturated rings. The van der Waals surface area contributed by atoms with Gasteiger partial charge in [-0.3, -0.25) is 9.59 Å². The van der Waals surface area contributed by atoms with Gasteiger partial charge in [-0.25, -0.2) is 9.59 Å². The summed E-state index contributed by atoms with van der Waals surface area (Å²) >= 11 is 0. The van der Waals surface area contributed by atoms with Crippen LogP contribution in [-0.4, -0.2) is 40.1 Å². The number of ether oxygens (including phenoxy) is 1. The normalized spacial score (nSPS) is 10.8. The van der Waals surface area contributed by atoms with E-state index in [9.17, 15) is 19.2 Å². The van der Waals surface area contributed by atoms with Crippen LogP contribution in [0.2, 0.25) is 0 Å². The molecule has 0 saturated carbocycles. The van der Waals surface area contributed by atoms with Crippen molar-refractivity contribution in [2.45, 2.75) is 18.9 Å². The van der Waals surface area contributed by atoms with Gasteiger partial charge >= 0.3 is 53.4 Å². The first-order valence-electron chi connectivity index (χ1n) is 3.81. The van der Waals surface area contributed by atoms with Crippen molar-refractivity contribution in [2.75, 3.05) is 0 Å². The van der Waals surface area contributed by atoms with Crippen LogP contribution < -0.4 is 35.3 Å². The van der Waals surface area contributed by atoms with Crippen molar-refractivity contribution in [3.05, 3.63) is 0 Å². The fourth-order valence-corrected chi connectivity index (χ4v) is 0.595. The van der Waals surface area contributed by atoms with Gasteiger partial charge in [0.2, 0.25) is 0 Å². The number of carboxylic acids is 2. The molecule has 0 aliphatic rings. The summed E-state index contributed by atoms with van der Waals surface area (Å²) in [6, 6.07) is -1.25. The van der Waals surface area contributed by atoms with E-state index in [0.717, 1.165) is 0 Å². The Hall–Kier alpha value is -0.960. The van der Waals surface area contributed by atoms with Crippen LogP contribution in [0, 0.1) is 0 Å². The first-order valence-corrected chi connectivity index (χ1v) is 3.81. The van der Waals surface area contributed by atoms with Crippen LogP contribution in [0.5, 0.6) is 0 Å². The summed E-state index contributed by atoms with van der Waals surface area (Å²) in [5.41, 5.74) is 5.05. The summed E-state index contributed by atoms with van der Waals surface area (Å²) < 4.78 is 3.82. The Morgan fingerprint density at radius 2 is 1.75 bits per heavy atom. The van der Waals surface area contributed by atoms with Crippen molar-refractivity contribution in [1.82, 2.24) is 0 Å². The molecule has 4 N–H and O–H groups in total. The van der Waals surface area contributed by atoms with Gasteiger partial charge in [-0.1, -0.05) is 0 Å². The molecule has 0 unspecified atom stereocenters. The number of rotatable bonds is 4. The molecule has 8 nitrogen and oxygen atoms in total. The SMILES string of the molecule is N[C@@H](CCC(=O)OC(=O)C(=O)O)C(=O)O.[H-].[Na+]. The third-order valence-electron chi connectivity index (χ3n) is 1.36. The second-order valence-corrected chi connectivity index (χ2v) is 2.55. The van der Waals surface area contributed by atoms with Gasteiger partial charge in [0.15, 0.2) is 0 Å². The fraction of sp³-hybridized carbons (Fsp3) is 0.429. The zero-order valence-corrected chi connectivity index (χ0v) is 10.5. The molecule has 1 atom stereocenters. The molecule has 0 saturated heterocycles. The minimum absolute atomic E-state index is 0. The van der Waals surface area contributed by atoms with Crippen molar-refractivity contribution < 1.29 is 65.1 Å². The Bertz CT molecular complexity index is 309. The molecule has 0 rings (SSSR count). The molecular formula is C7H10NNaO7. The minimum Gasteiger partial charge on any atom is -1.00 e. The van der Waals surface area contributed by atoms with E-state index in [1.165, 1.54) is 0 Å². The molecule has 0 heterocycles. The van der Waals surface area contributed by atoms with E-state index in [1.54, 1.807) is 0 Å². The molecule has 16 heavy (non-hydrogen) atoms. The van der Waals surface area contributed by atoms with E-state index in [1.807, 2.05) is 0 Å². The number of nitrogens with two attached hydrogens (primary N) is 1. The maximum absolute atomic E-state index is 10.7. The Kier molecular flexibility index (Phi) is 8.96. The summed E-state index contributed by atoms with van der Waals surface area (Å²) in [7, 11) is 0. The number of hydrogen-bond donors (Lipinski definition) is 3. The first-order chi connectivity index (χ1) is 6.84. The summed E-state index contributed by atoms with van der Waals surface area (Å²) in [6.07, 6.45) is -0.673. The third-order valence-corrected chi connectivity index (χ3v) is 1.36. The van der Waals surface area contributed by atoms with E-state index in [4.69, 9.17) is 15.9 Å². The number of hydrogen-bond acceptors (Lipinski definition) is 6. The topological polar surface area (TPSA) is 144 Å².